The predicted octanol–water partition coefficient (Wildman–Crippen LogP) is 5.42. The first-order chi connectivity index (χ1) is 12.1. The Labute approximate surface area is 155 Å². The van der Waals surface area contributed by atoms with E-state index in [1.54, 1.807) is 0 Å². The standard InChI is InChI=1S/C17H10Cl2F3NO3/c18-11-2-1-8(3-10(11)17(20,21)22)7-23-13-6-12(19)15(24)5-9(13)4-14(23)16(25)26/h1-6,24H,7H2,(H,25,26). The molecular formula is C17H10Cl2F3NO3. The number of aromatic hydroxyl groups is 1. The lowest BCUT2D eigenvalue weighted by atomic mass is 10.1. The number of carboxylic acid groups (broad SMARTS) is 1. The molecule has 0 saturated heterocycles. The van der Waals surface area contributed by atoms with Gasteiger partial charge in [0, 0.05) is 11.9 Å². The number of fused-ring (bicyclic) bond motifs is 1. The van der Waals surface area contributed by atoms with E-state index >= 15 is 0 Å². The number of aromatic nitrogens is 1. The van der Waals surface area contributed by atoms with Crippen molar-refractivity contribution in [2.45, 2.75) is 12.7 Å². The van der Waals surface area contributed by atoms with Crippen LogP contribution >= 0.6 is 23.2 Å². The van der Waals surface area contributed by atoms with Crippen molar-refractivity contribution in [3.05, 3.63) is 63.3 Å². The van der Waals surface area contributed by atoms with E-state index < -0.39 is 22.7 Å². The highest BCUT2D eigenvalue weighted by Crippen LogP contribution is 2.36. The largest absolute Gasteiger partial charge is 0.506 e. The summed E-state index contributed by atoms with van der Waals surface area (Å²) in [6.07, 6.45) is -4.63. The van der Waals surface area contributed by atoms with Crippen LogP contribution in [0.5, 0.6) is 5.75 Å². The van der Waals surface area contributed by atoms with Gasteiger partial charge in [0.1, 0.15) is 11.4 Å². The smallest absolute Gasteiger partial charge is 0.417 e. The van der Waals surface area contributed by atoms with Crippen LogP contribution in [0.4, 0.5) is 13.2 Å². The van der Waals surface area contributed by atoms with E-state index in [0.717, 1.165) is 12.1 Å². The summed E-state index contributed by atoms with van der Waals surface area (Å²) in [4.78, 5) is 11.5. The van der Waals surface area contributed by atoms with E-state index in [9.17, 15) is 28.2 Å². The monoisotopic (exact) mass is 403 g/mol. The molecule has 136 valence electrons. The molecule has 0 amide bonds. The Kier molecular flexibility index (Phi) is 4.54. The molecule has 2 aromatic carbocycles. The van der Waals surface area contributed by atoms with Gasteiger partial charge in [0.2, 0.25) is 0 Å². The topological polar surface area (TPSA) is 62.5 Å². The fourth-order valence-electron chi connectivity index (χ4n) is 2.69. The maximum atomic E-state index is 13.0. The van der Waals surface area contributed by atoms with Crippen molar-refractivity contribution in [1.82, 2.24) is 4.57 Å². The Bertz CT molecular complexity index is 1030. The maximum Gasteiger partial charge on any atom is 0.417 e. The zero-order valence-corrected chi connectivity index (χ0v) is 14.3. The number of aromatic carboxylic acids is 1. The Morgan fingerprint density at radius 1 is 1.08 bits per heavy atom. The minimum absolute atomic E-state index is 0.000811. The van der Waals surface area contributed by atoms with Gasteiger partial charge >= 0.3 is 12.1 Å². The molecule has 1 heterocycles. The number of nitrogens with zero attached hydrogens (tertiary/aromatic N) is 1. The van der Waals surface area contributed by atoms with Gasteiger partial charge in [-0.2, -0.15) is 13.2 Å². The summed E-state index contributed by atoms with van der Waals surface area (Å²) in [5.74, 6) is -1.49. The van der Waals surface area contributed by atoms with E-state index in [1.807, 2.05) is 0 Å². The Balaban J connectivity index is 2.16. The lowest BCUT2D eigenvalue weighted by molar-refractivity contribution is -0.137. The zero-order valence-electron chi connectivity index (χ0n) is 12.8. The summed E-state index contributed by atoms with van der Waals surface area (Å²) < 4.78 is 40.4. The molecule has 2 N–H and O–H groups in total. The van der Waals surface area contributed by atoms with Gasteiger partial charge in [-0.3, -0.25) is 0 Å². The molecule has 0 aliphatic heterocycles. The normalized spacial score (nSPS) is 11.9. The third-order valence-corrected chi connectivity index (χ3v) is 4.50. The number of benzene rings is 2. The molecule has 0 fully saturated rings. The Hall–Kier alpha value is -2.38. The molecule has 0 aliphatic carbocycles. The number of rotatable bonds is 3. The van der Waals surface area contributed by atoms with Crippen molar-refractivity contribution in [3.63, 3.8) is 0 Å². The van der Waals surface area contributed by atoms with Gasteiger partial charge in [-0.15, -0.1) is 0 Å². The second kappa shape index (κ2) is 6.41. The first-order valence-corrected chi connectivity index (χ1v) is 7.94. The lowest BCUT2D eigenvalue weighted by Gasteiger charge is -2.13. The quantitative estimate of drug-likeness (QED) is 0.613. The highest BCUT2D eigenvalue weighted by atomic mass is 35.5. The van der Waals surface area contributed by atoms with Crippen LogP contribution in [-0.4, -0.2) is 20.7 Å². The first kappa shape index (κ1) is 18.4. The van der Waals surface area contributed by atoms with Crippen LogP contribution in [0.15, 0.2) is 36.4 Å². The van der Waals surface area contributed by atoms with Crippen molar-refractivity contribution in [2.75, 3.05) is 0 Å². The van der Waals surface area contributed by atoms with Gasteiger partial charge in [-0.1, -0.05) is 29.3 Å². The number of alkyl halides is 3. The molecule has 3 aromatic rings. The van der Waals surface area contributed by atoms with Crippen molar-refractivity contribution >= 4 is 40.1 Å². The van der Waals surface area contributed by atoms with Crippen LogP contribution in [0.3, 0.4) is 0 Å². The van der Waals surface area contributed by atoms with E-state index in [0.29, 0.717) is 10.9 Å². The summed E-state index contributed by atoms with van der Waals surface area (Å²) in [6.45, 7) is -0.146. The van der Waals surface area contributed by atoms with Crippen LogP contribution in [0.2, 0.25) is 10.0 Å². The van der Waals surface area contributed by atoms with Crippen LogP contribution in [-0.2, 0) is 12.7 Å². The SMILES string of the molecule is O=C(O)c1cc2cc(O)c(Cl)cc2n1Cc1ccc(Cl)c(C(F)(F)F)c1. The van der Waals surface area contributed by atoms with E-state index in [-0.39, 0.29) is 28.6 Å². The fourth-order valence-corrected chi connectivity index (χ4v) is 3.07. The third kappa shape index (κ3) is 3.32. The zero-order chi connectivity index (χ0) is 19.2. The molecular weight excluding hydrogens is 394 g/mol. The second-order valence-electron chi connectivity index (χ2n) is 5.60. The van der Waals surface area contributed by atoms with Crippen LogP contribution in [0, 0.1) is 0 Å². The molecule has 1 aromatic heterocycles. The molecule has 4 nitrogen and oxygen atoms in total. The highest BCUT2D eigenvalue weighted by Gasteiger charge is 2.33. The van der Waals surface area contributed by atoms with Crippen LogP contribution in [0.1, 0.15) is 21.6 Å². The number of phenols is 1. The second-order valence-corrected chi connectivity index (χ2v) is 6.41. The molecule has 3 rings (SSSR count). The summed E-state index contributed by atoms with van der Waals surface area (Å²) in [5.41, 5.74) is -0.564. The predicted molar refractivity (Wildman–Crippen MR) is 91.1 cm³/mol. The van der Waals surface area contributed by atoms with E-state index in [4.69, 9.17) is 23.2 Å². The summed E-state index contributed by atoms with van der Waals surface area (Å²) in [6, 6.07) is 7.35. The Morgan fingerprint density at radius 3 is 2.38 bits per heavy atom. The number of hydrogen-bond acceptors (Lipinski definition) is 2. The molecule has 26 heavy (non-hydrogen) atoms. The fraction of sp³-hybridized carbons (Fsp3) is 0.118. The molecule has 0 unspecified atom stereocenters. The summed E-state index contributed by atoms with van der Waals surface area (Å²) >= 11 is 11.5. The average molecular weight is 404 g/mol. The number of halogens is 5. The third-order valence-electron chi connectivity index (χ3n) is 3.87. The molecule has 0 radical (unpaired) electrons. The summed E-state index contributed by atoms with van der Waals surface area (Å²) in [5, 5.41) is 19.0. The van der Waals surface area contributed by atoms with Gasteiger partial charge in [0.25, 0.3) is 0 Å². The number of phenolic OH excluding ortho intramolecular Hbond substituents is 1. The summed E-state index contributed by atoms with van der Waals surface area (Å²) in [7, 11) is 0. The molecule has 0 aliphatic rings. The highest BCUT2D eigenvalue weighted by molar-refractivity contribution is 6.32. The molecule has 0 bridgehead atoms. The molecule has 0 saturated carbocycles. The van der Waals surface area contributed by atoms with Crippen molar-refractivity contribution in [1.29, 1.82) is 0 Å². The van der Waals surface area contributed by atoms with Crippen molar-refractivity contribution in [2.24, 2.45) is 0 Å². The van der Waals surface area contributed by atoms with Gasteiger partial charge < -0.3 is 14.8 Å². The Morgan fingerprint density at radius 2 is 1.77 bits per heavy atom. The van der Waals surface area contributed by atoms with Crippen molar-refractivity contribution in [3.8, 4) is 5.75 Å². The van der Waals surface area contributed by atoms with Crippen molar-refractivity contribution < 1.29 is 28.2 Å². The number of carboxylic acids is 1. The first-order valence-electron chi connectivity index (χ1n) is 7.18. The lowest BCUT2D eigenvalue weighted by Crippen LogP contribution is -2.11. The number of carbonyl (C=O) groups is 1. The molecule has 9 heteroatoms. The number of hydrogen-bond donors (Lipinski definition) is 2. The van der Waals surface area contributed by atoms with Crippen LogP contribution < -0.4 is 0 Å². The maximum absolute atomic E-state index is 13.0. The van der Waals surface area contributed by atoms with Gasteiger partial charge in [0.15, 0.2) is 0 Å². The molecule has 0 spiro atoms. The van der Waals surface area contributed by atoms with E-state index in [2.05, 4.69) is 0 Å². The minimum Gasteiger partial charge on any atom is -0.506 e. The van der Waals surface area contributed by atoms with Crippen LogP contribution in [0.25, 0.3) is 10.9 Å². The van der Waals surface area contributed by atoms with Gasteiger partial charge in [0.05, 0.1) is 21.1 Å². The molecule has 0 atom stereocenters. The van der Waals surface area contributed by atoms with E-state index in [1.165, 1.54) is 28.8 Å². The average Bonchev–Trinajstić information content (AvgIpc) is 2.86. The minimum atomic E-state index is -4.63. The van der Waals surface area contributed by atoms with Gasteiger partial charge in [-0.05, 0) is 35.9 Å². The van der Waals surface area contributed by atoms with Gasteiger partial charge in [-0.25, -0.2) is 4.79 Å².